The first-order valence-electron chi connectivity index (χ1n) is 9.52. The highest BCUT2D eigenvalue weighted by Gasteiger charge is 2.21. The summed E-state index contributed by atoms with van der Waals surface area (Å²) < 4.78 is 1.91. The van der Waals surface area contributed by atoms with Crippen LogP contribution in [-0.4, -0.2) is 12.2 Å². The van der Waals surface area contributed by atoms with E-state index in [1.54, 1.807) is 0 Å². The zero-order valence-electron chi connectivity index (χ0n) is 15.4. The first kappa shape index (κ1) is 15.5. The summed E-state index contributed by atoms with van der Waals surface area (Å²) in [7, 11) is 2.17. The van der Waals surface area contributed by atoms with Gasteiger partial charge in [0.1, 0.15) is 7.85 Å². The second-order valence-electron chi connectivity index (χ2n) is 7.41. The first-order chi connectivity index (χ1) is 13.8. The van der Waals surface area contributed by atoms with E-state index < -0.39 is 0 Å². The van der Waals surface area contributed by atoms with Gasteiger partial charge in [0, 0.05) is 21.5 Å². The summed E-state index contributed by atoms with van der Waals surface area (Å²) in [6.07, 6.45) is 0. The van der Waals surface area contributed by atoms with E-state index in [9.17, 15) is 4.79 Å². The average molecular weight is 357 g/mol. The molecule has 0 amide bonds. The van der Waals surface area contributed by atoms with Crippen LogP contribution in [0.15, 0.2) is 89.7 Å². The van der Waals surface area contributed by atoms with Crippen molar-refractivity contribution < 1.29 is 0 Å². The van der Waals surface area contributed by atoms with Crippen LogP contribution in [0.4, 0.5) is 0 Å². The standard InChI is InChI=1S/C25H16BNO/c26-20-14-19-16-10-4-5-11-17(16)25(28)27-21-13-7-6-12-18(21)23(24(19)27)22(20)15-8-2-1-3-9-15/h1-14H,26H2. The first-order valence-corrected chi connectivity index (χ1v) is 9.52. The normalized spacial score (nSPS) is 11.9. The van der Waals surface area contributed by atoms with Gasteiger partial charge in [-0.3, -0.25) is 9.20 Å². The van der Waals surface area contributed by atoms with E-state index in [0.717, 1.165) is 32.6 Å². The average Bonchev–Trinajstić information content (AvgIpc) is 3.08. The lowest BCUT2D eigenvalue weighted by Gasteiger charge is -2.13. The van der Waals surface area contributed by atoms with Gasteiger partial charge in [0.25, 0.3) is 5.56 Å². The molecule has 4 aromatic carbocycles. The van der Waals surface area contributed by atoms with Crippen molar-refractivity contribution in [2.24, 2.45) is 0 Å². The topological polar surface area (TPSA) is 21.5 Å². The molecule has 2 aromatic heterocycles. The predicted molar refractivity (Wildman–Crippen MR) is 121 cm³/mol. The van der Waals surface area contributed by atoms with Crippen molar-refractivity contribution in [3.8, 4) is 11.1 Å². The summed E-state index contributed by atoms with van der Waals surface area (Å²) >= 11 is 0. The van der Waals surface area contributed by atoms with E-state index in [-0.39, 0.29) is 5.56 Å². The van der Waals surface area contributed by atoms with Crippen molar-refractivity contribution in [1.29, 1.82) is 0 Å². The van der Waals surface area contributed by atoms with Gasteiger partial charge >= 0.3 is 0 Å². The molecular formula is C25H16BNO. The van der Waals surface area contributed by atoms with Crippen LogP contribution in [0.2, 0.25) is 0 Å². The van der Waals surface area contributed by atoms with Crippen molar-refractivity contribution in [1.82, 2.24) is 4.40 Å². The van der Waals surface area contributed by atoms with Crippen LogP contribution < -0.4 is 11.0 Å². The number of hydrogen-bond acceptors (Lipinski definition) is 1. The SMILES string of the molecule is Bc1cc2c3ccccc3c(=O)n3c4ccccc4c(c1-c1ccccc1)c23. The Balaban J connectivity index is 2.02. The third-order valence-electron chi connectivity index (χ3n) is 5.85. The van der Waals surface area contributed by atoms with Crippen LogP contribution in [0.1, 0.15) is 0 Å². The molecule has 0 saturated carbocycles. The monoisotopic (exact) mass is 357 g/mol. The van der Waals surface area contributed by atoms with Gasteiger partial charge in [-0.05, 0) is 28.6 Å². The molecule has 0 bridgehead atoms. The second-order valence-corrected chi connectivity index (χ2v) is 7.41. The molecular weight excluding hydrogens is 341 g/mol. The zero-order chi connectivity index (χ0) is 18.8. The molecule has 0 saturated heterocycles. The zero-order valence-corrected chi connectivity index (χ0v) is 15.4. The second kappa shape index (κ2) is 5.46. The summed E-state index contributed by atoms with van der Waals surface area (Å²) in [6.45, 7) is 0. The van der Waals surface area contributed by atoms with E-state index in [1.807, 2.05) is 34.7 Å². The Morgan fingerprint density at radius 1 is 0.679 bits per heavy atom. The fraction of sp³-hybridized carbons (Fsp3) is 0. The lowest BCUT2D eigenvalue weighted by molar-refractivity contribution is 1.21. The molecule has 6 rings (SSSR count). The van der Waals surface area contributed by atoms with Crippen molar-refractivity contribution in [2.45, 2.75) is 0 Å². The van der Waals surface area contributed by atoms with Crippen LogP contribution in [0.3, 0.4) is 0 Å². The minimum atomic E-state index is 0.0529. The van der Waals surface area contributed by atoms with Crippen LogP contribution in [0.25, 0.3) is 49.1 Å². The molecule has 0 aliphatic carbocycles. The molecule has 0 aliphatic heterocycles. The maximum Gasteiger partial charge on any atom is 0.263 e. The molecule has 28 heavy (non-hydrogen) atoms. The van der Waals surface area contributed by atoms with Crippen LogP contribution in [-0.2, 0) is 0 Å². The highest BCUT2D eigenvalue weighted by molar-refractivity contribution is 6.42. The molecule has 0 aliphatic rings. The van der Waals surface area contributed by atoms with Gasteiger partial charge in [-0.1, -0.05) is 78.3 Å². The summed E-state index contributed by atoms with van der Waals surface area (Å²) in [4.78, 5) is 13.5. The molecule has 0 unspecified atom stereocenters. The fourth-order valence-electron chi connectivity index (χ4n) is 4.72. The number of rotatable bonds is 1. The highest BCUT2D eigenvalue weighted by Crippen LogP contribution is 2.38. The van der Waals surface area contributed by atoms with Gasteiger partial charge < -0.3 is 0 Å². The maximum absolute atomic E-state index is 13.5. The lowest BCUT2D eigenvalue weighted by Crippen LogP contribution is -2.15. The molecule has 0 atom stereocenters. The van der Waals surface area contributed by atoms with E-state index in [4.69, 9.17) is 0 Å². The van der Waals surface area contributed by atoms with Crippen molar-refractivity contribution in [3.63, 3.8) is 0 Å². The van der Waals surface area contributed by atoms with Gasteiger partial charge in [-0.2, -0.15) is 0 Å². The third-order valence-corrected chi connectivity index (χ3v) is 5.85. The quantitative estimate of drug-likeness (QED) is 0.320. The number of hydrogen-bond donors (Lipinski definition) is 0. The summed E-state index contributed by atoms with van der Waals surface area (Å²) in [5.74, 6) is 0. The number of para-hydroxylation sites is 1. The molecule has 0 fully saturated rings. The third kappa shape index (κ3) is 1.86. The van der Waals surface area contributed by atoms with Gasteiger partial charge in [0.15, 0.2) is 0 Å². The Labute approximate surface area is 162 Å². The Morgan fingerprint density at radius 2 is 1.32 bits per heavy atom. The number of fused-ring (bicyclic) bond motifs is 5. The Kier molecular flexibility index (Phi) is 3.02. The highest BCUT2D eigenvalue weighted by atomic mass is 16.1. The Bertz CT molecular complexity index is 1580. The molecule has 3 heteroatoms. The molecule has 2 heterocycles. The van der Waals surface area contributed by atoms with Gasteiger partial charge in [-0.25, -0.2) is 0 Å². The fourth-order valence-corrected chi connectivity index (χ4v) is 4.72. The summed E-state index contributed by atoms with van der Waals surface area (Å²) in [5.41, 5.74) is 5.66. The van der Waals surface area contributed by atoms with Crippen LogP contribution in [0.5, 0.6) is 0 Å². The van der Waals surface area contributed by atoms with E-state index in [2.05, 4.69) is 62.4 Å². The van der Waals surface area contributed by atoms with Gasteiger partial charge in [0.05, 0.1) is 11.0 Å². The number of pyridine rings is 1. The molecule has 0 radical (unpaired) electrons. The van der Waals surface area contributed by atoms with Crippen molar-refractivity contribution in [2.75, 3.05) is 0 Å². The smallest absolute Gasteiger partial charge is 0.263 e. The lowest BCUT2D eigenvalue weighted by atomic mass is 9.82. The molecule has 0 N–H and O–H groups in total. The van der Waals surface area contributed by atoms with Crippen molar-refractivity contribution >= 4 is 51.3 Å². The van der Waals surface area contributed by atoms with Crippen molar-refractivity contribution in [3.05, 3.63) is 95.3 Å². The summed E-state index contributed by atoms with van der Waals surface area (Å²) in [6, 6.07) is 28.9. The minimum Gasteiger partial charge on any atom is -0.275 e. The van der Waals surface area contributed by atoms with Gasteiger partial charge in [0.2, 0.25) is 0 Å². The van der Waals surface area contributed by atoms with Gasteiger partial charge in [-0.15, -0.1) is 0 Å². The molecule has 130 valence electrons. The van der Waals surface area contributed by atoms with E-state index >= 15 is 0 Å². The number of benzene rings is 4. The molecule has 2 nitrogen and oxygen atoms in total. The van der Waals surface area contributed by atoms with Crippen LogP contribution in [0, 0.1) is 0 Å². The molecule has 0 spiro atoms. The van der Waals surface area contributed by atoms with Crippen LogP contribution >= 0.6 is 0 Å². The number of nitrogens with zero attached hydrogens (tertiary/aromatic N) is 1. The Hall–Kier alpha value is -3.59. The van der Waals surface area contributed by atoms with E-state index in [1.165, 1.54) is 22.0 Å². The minimum absolute atomic E-state index is 0.0529. The predicted octanol–water partition coefficient (Wildman–Crippen LogP) is 4.12. The summed E-state index contributed by atoms with van der Waals surface area (Å²) in [5, 5.41) is 5.22. The maximum atomic E-state index is 13.5. The largest absolute Gasteiger partial charge is 0.275 e. The van der Waals surface area contributed by atoms with E-state index in [0.29, 0.717) is 0 Å². The number of aromatic nitrogens is 1. The Morgan fingerprint density at radius 3 is 2.11 bits per heavy atom. The molecule has 6 aromatic rings.